The van der Waals surface area contributed by atoms with Crippen molar-refractivity contribution in [3.8, 4) is 0 Å². The van der Waals surface area contributed by atoms with Gasteiger partial charge in [0.15, 0.2) is 0 Å². The van der Waals surface area contributed by atoms with Crippen molar-refractivity contribution in [1.82, 2.24) is 0 Å². The third-order valence-electron chi connectivity index (χ3n) is 2.76. The summed E-state index contributed by atoms with van der Waals surface area (Å²) in [5.41, 5.74) is 0.436. The molecule has 0 bridgehead atoms. The smallest absolute Gasteiger partial charge is 0.226 e. The standard InChI is InChI=1S/C15H13BrF2N2O/c16-10-4-1-2-7-13(10)20-14(21)8-9-19-15-11(17)5-3-6-12(15)18/h1-7,19H,8-9H2,(H,20,21). The molecule has 0 heterocycles. The Labute approximate surface area is 129 Å². The van der Waals surface area contributed by atoms with Crippen LogP contribution >= 0.6 is 15.9 Å². The highest BCUT2D eigenvalue weighted by Crippen LogP contribution is 2.21. The van der Waals surface area contributed by atoms with Gasteiger partial charge in [0.1, 0.15) is 17.3 Å². The second-order valence-electron chi connectivity index (χ2n) is 4.30. The Morgan fingerprint density at radius 2 is 1.71 bits per heavy atom. The molecule has 2 rings (SSSR count). The van der Waals surface area contributed by atoms with Gasteiger partial charge in [-0.05, 0) is 40.2 Å². The normalized spacial score (nSPS) is 10.2. The van der Waals surface area contributed by atoms with Crippen molar-refractivity contribution in [1.29, 1.82) is 0 Å². The molecule has 2 aromatic carbocycles. The van der Waals surface area contributed by atoms with Crippen LogP contribution in [0.3, 0.4) is 0 Å². The Kier molecular flexibility index (Phi) is 5.27. The molecule has 0 saturated carbocycles. The number of anilines is 2. The Balaban J connectivity index is 1.86. The molecule has 0 radical (unpaired) electrons. The Morgan fingerprint density at radius 1 is 1.05 bits per heavy atom. The highest BCUT2D eigenvalue weighted by Gasteiger charge is 2.09. The van der Waals surface area contributed by atoms with Crippen molar-refractivity contribution >= 4 is 33.2 Å². The lowest BCUT2D eigenvalue weighted by Gasteiger charge is -2.10. The van der Waals surface area contributed by atoms with E-state index < -0.39 is 11.6 Å². The zero-order valence-electron chi connectivity index (χ0n) is 11.0. The molecule has 0 aliphatic carbocycles. The van der Waals surface area contributed by atoms with E-state index in [0.29, 0.717) is 5.69 Å². The van der Waals surface area contributed by atoms with E-state index in [4.69, 9.17) is 0 Å². The molecule has 0 atom stereocenters. The van der Waals surface area contributed by atoms with Crippen LogP contribution in [0.25, 0.3) is 0 Å². The van der Waals surface area contributed by atoms with Gasteiger partial charge in [-0.25, -0.2) is 8.78 Å². The average Bonchev–Trinajstić information content (AvgIpc) is 2.45. The molecule has 2 aromatic rings. The SMILES string of the molecule is O=C(CCNc1c(F)cccc1F)Nc1ccccc1Br. The molecule has 0 spiro atoms. The number of benzene rings is 2. The summed E-state index contributed by atoms with van der Waals surface area (Å²) in [5, 5.41) is 5.30. The molecular formula is C15H13BrF2N2O. The Morgan fingerprint density at radius 3 is 2.38 bits per heavy atom. The molecule has 0 unspecified atom stereocenters. The van der Waals surface area contributed by atoms with E-state index >= 15 is 0 Å². The predicted octanol–water partition coefficient (Wildman–Crippen LogP) is 4.17. The van der Waals surface area contributed by atoms with Crippen molar-refractivity contribution in [2.75, 3.05) is 17.2 Å². The summed E-state index contributed by atoms with van der Waals surface area (Å²) in [6, 6.07) is 10.8. The number of hydrogen-bond acceptors (Lipinski definition) is 2. The van der Waals surface area contributed by atoms with E-state index in [0.717, 1.165) is 16.6 Å². The first-order chi connectivity index (χ1) is 10.1. The van der Waals surface area contributed by atoms with E-state index in [9.17, 15) is 13.6 Å². The number of amides is 1. The van der Waals surface area contributed by atoms with E-state index in [2.05, 4.69) is 26.6 Å². The molecule has 0 saturated heterocycles. The molecule has 0 aliphatic heterocycles. The Hall–Kier alpha value is -1.95. The minimum absolute atomic E-state index is 0.0924. The maximum atomic E-state index is 13.4. The second kappa shape index (κ2) is 7.17. The minimum Gasteiger partial charge on any atom is -0.380 e. The zero-order valence-corrected chi connectivity index (χ0v) is 12.6. The van der Waals surface area contributed by atoms with Crippen LogP contribution in [0.4, 0.5) is 20.2 Å². The van der Waals surface area contributed by atoms with E-state index in [-0.39, 0.29) is 24.6 Å². The maximum absolute atomic E-state index is 13.4. The van der Waals surface area contributed by atoms with E-state index in [1.807, 2.05) is 12.1 Å². The van der Waals surface area contributed by atoms with Crippen molar-refractivity contribution in [2.45, 2.75) is 6.42 Å². The van der Waals surface area contributed by atoms with Gasteiger partial charge >= 0.3 is 0 Å². The number of nitrogens with one attached hydrogen (secondary N) is 2. The number of rotatable bonds is 5. The lowest BCUT2D eigenvalue weighted by Crippen LogP contribution is -2.17. The first kappa shape index (κ1) is 15.4. The molecule has 6 heteroatoms. The van der Waals surface area contributed by atoms with Crippen molar-refractivity contribution in [2.24, 2.45) is 0 Å². The van der Waals surface area contributed by atoms with Crippen LogP contribution < -0.4 is 10.6 Å². The van der Waals surface area contributed by atoms with Crippen LogP contribution in [-0.4, -0.2) is 12.5 Å². The lowest BCUT2D eigenvalue weighted by atomic mass is 10.2. The average molecular weight is 355 g/mol. The fraction of sp³-hybridized carbons (Fsp3) is 0.133. The summed E-state index contributed by atoms with van der Waals surface area (Å²) in [4.78, 5) is 11.8. The maximum Gasteiger partial charge on any atom is 0.226 e. The van der Waals surface area contributed by atoms with E-state index in [1.165, 1.54) is 6.07 Å². The van der Waals surface area contributed by atoms with Gasteiger partial charge in [-0.2, -0.15) is 0 Å². The highest BCUT2D eigenvalue weighted by molar-refractivity contribution is 9.10. The fourth-order valence-electron chi connectivity index (χ4n) is 1.74. The molecule has 1 amide bonds. The van der Waals surface area contributed by atoms with Crippen LogP contribution in [0.5, 0.6) is 0 Å². The molecular weight excluding hydrogens is 342 g/mol. The minimum atomic E-state index is -0.679. The summed E-state index contributed by atoms with van der Waals surface area (Å²) in [5.74, 6) is -1.60. The van der Waals surface area contributed by atoms with Crippen LogP contribution in [-0.2, 0) is 4.79 Å². The summed E-state index contributed by atoms with van der Waals surface area (Å²) >= 11 is 3.32. The summed E-state index contributed by atoms with van der Waals surface area (Å²) in [6.07, 6.45) is 0.0924. The predicted molar refractivity (Wildman–Crippen MR) is 82.2 cm³/mol. The number of halogens is 3. The van der Waals surface area contributed by atoms with Crippen LogP contribution in [0, 0.1) is 11.6 Å². The number of hydrogen-bond donors (Lipinski definition) is 2. The van der Waals surface area contributed by atoms with E-state index in [1.54, 1.807) is 12.1 Å². The molecule has 0 aromatic heterocycles. The monoisotopic (exact) mass is 354 g/mol. The van der Waals surface area contributed by atoms with Crippen molar-refractivity contribution in [3.63, 3.8) is 0 Å². The van der Waals surface area contributed by atoms with Crippen molar-refractivity contribution < 1.29 is 13.6 Å². The number of para-hydroxylation sites is 2. The summed E-state index contributed by atoms with van der Waals surface area (Å²) < 4.78 is 27.5. The van der Waals surface area contributed by atoms with Gasteiger partial charge in [-0.3, -0.25) is 4.79 Å². The van der Waals surface area contributed by atoms with Gasteiger partial charge in [0.2, 0.25) is 5.91 Å². The van der Waals surface area contributed by atoms with Crippen LogP contribution in [0.15, 0.2) is 46.9 Å². The van der Waals surface area contributed by atoms with Crippen LogP contribution in [0.1, 0.15) is 6.42 Å². The zero-order chi connectivity index (χ0) is 15.2. The van der Waals surface area contributed by atoms with Gasteiger partial charge in [0.05, 0.1) is 5.69 Å². The largest absolute Gasteiger partial charge is 0.380 e. The summed E-state index contributed by atoms with van der Waals surface area (Å²) in [6.45, 7) is 0.133. The van der Waals surface area contributed by atoms with Gasteiger partial charge in [-0.15, -0.1) is 0 Å². The van der Waals surface area contributed by atoms with Gasteiger partial charge in [0, 0.05) is 17.4 Å². The van der Waals surface area contributed by atoms with Gasteiger partial charge < -0.3 is 10.6 Å². The topological polar surface area (TPSA) is 41.1 Å². The molecule has 2 N–H and O–H groups in total. The van der Waals surface area contributed by atoms with Crippen LogP contribution in [0.2, 0.25) is 0 Å². The first-order valence-electron chi connectivity index (χ1n) is 6.30. The first-order valence-corrected chi connectivity index (χ1v) is 7.09. The lowest BCUT2D eigenvalue weighted by molar-refractivity contribution is -0.115. The quantitative estimate of drug-likeness (QED) is 0.845. The van der Waals surface area contributed by atoms with Gasteiger partial charge in [-0.1, -0.05) is 18.2 Å². The molecule has 0 fully saturated rings. The molecule has 110 valence electrons. The fourth-order valence-corrected chi connectivity index (χ4v) is 2.13. The number of carbonyl (C=O) groups excluding carboxylic acids is 1. The Bertz CT molecular complexity index is 629. The molecule has 0 aliphatic rings. The molecule has 3 nitrogen and oxygen atoms in total. The van der Waals surface area contributed by atoms with Crippen molar-refractivity contribution in [3.05, 3.63) is 58.6 Å². The van der Waals surface area contributed by atoms with Gasteiger partial charge in [0.25, 0.3) is 0 Å². The number of carbonyl (C=O) groups is 1. The highest BCUT2D eigenvalue weighted by atomic mass is 79.9. The third-order valence-corrected chi connectivity index (χ3v) is 3.46. The molecule has 21 heavy (non-hydrogen) atoms. The third kappa shape index (κ3) is 4.26. The second-order valence-corrected chi connectivity index (χ2v) is 5.16. The summed E-state index contributed by atoms with van der Waals surface area (Å²) in [7, 11) is 0.